The first-order valence-electron chi connectivity index (χ1n) is 6.98. The van der Waals surface area contributed by atoms with Gasteiger partial charge >= 0.3 is 0 Å². The summed E-state index contributed by atoms with van der Waals surface area (Å²) in [5.74, 6) is 0. The molecular formula is C14H27NO2. The maximum Gasteiger partial charge on any atom is 0.0621 e. The van der Waals surface area contributed by atoms with Crippen LogP contribution in [0.3, 0.4) is 0 Å². The van der Waals surface area contributed by atoms with Gasteiger partial charge in [0.2, 0.25) is 0 Å². The highest BCUT2D eigenvalue weighted by atomic mass is 16.5. The molecule has 0 amide bonds. The van der Waals surface area contributed by atoms with Crippen molar-refractivity contribution < 1.29 is 9.84 Å². The molecule has 17 heavy (non-hydrogen) atoms. The fourth-order valence-electron chi connectivity index (χ4n) is 3.42. The Hall–Kier alpha value is -0.120. The van der Waals surface area contributed by atoms with Gasteiger partial charge in [-0.1, -0.05) is 13.8 Å². The summed E-state index contributed by atoms with van der Waals surface area (Å²) in [7, 11) is 2.21. The fraction of sp³-hybridized carbons (Fsp3) is 1.00. The standard InChI is InChI=1S/C14H27NO2/c1-14(2)7-6-12(16)9-13(14)15(3)11-5-4-8-17-10-11/h11-13,16H,4-10H2,1-3H3. The van der Waals surface area contributed by atoms with Crippen molar-refractivity contribution in [3.05, 3.63) is 0 Å². The van der Waals surface area contributed by atoms with Crippen LogP contribution in [0.5, 0.6) is 0 Å². The van der Waals surface area contributed by atoms with E-state index in [2.05, 4.69) is 25.8 Å². The van der Waals surface area contributed by atoms with Gasteiger partial charge < -0.3 is 9.84 Å². The highest BCUT2D eigenvalue weighted by molar-refractivity contribution is 4.94. The lowest BCUT2D eigenvalue weighted by Gasteiger charge is -2.48. The first-order valence-corrected chi connectivity index (χ1v) is 6.98. The van der Waals surface area contributed by atoms with E-state index in [0.717, 1.165) is 32.5 Å². The van der Waals surface area contributed by atoms with Crippen LogP contribution in [0.15, 0.2) is 0 Å². The van der Waals surface area contributed by atoms with Crippen LogP contribution in [0.4, 0.5) is 0 Å². The van der Waals surface area contributed by atoms with Crippen molar-refractivity contribution in [3.8, 4) is 0 Å². The molecule has 0 spiro atoms. The molecule has 3 nitrogen and oxygen atoms in total. The van der Waals surface area contributed by atoms with Crippen LogP contribution in [-0.2, 0) is 4.74 Å². The molecule has 1 N–H and O–H groups in total. The van der Waals surface area contributed by atoms with Gasteiger partial charge in [0.25, 0.3) is 0 Å². The van der Waals surface area contributed by atoms with E-state index in [1.165, 1.54) is 12.8 Å². The minimum Gasteiger partial charge on any atom is -0.393 e. The number of ether oxygens (including phenoxy) is 1. The molecule has 1 saturated heterocycles. The van der Waals surface area contributed by atoms with Gasteiger partial charge in [0.1, 0.15) is 0 Å². The minimum atomic E-state index is -0.111. The third kappa shape index (κ3) is 3.01. The Bertz CT molecular complexity index is 249. The van der Waals surface area contributed by atoms with Crippen LogP contribution < -0.4 is 0 Å². The van der Waals surface area contributed by atoms with Crippen molar-refractivity contribution in [2.24, 2.45) is 5.41 Å². The summed E-state index contributed by atoms with van der Waals surface area (Å²) in [5.41, 5.74) is 0.311. The number of rotatable bonds is 2. The lowest BCUT2D eigenvalue weighted by molar-refractivity contribution is -0.0507. The quantitative estimate of drug-likeness (QED) is 0.803. The molecule has 3 atom stereocenters. The van der Waals surface area contributed by atoms with E-state index in [1.807, 2.05) is 0 Å². The molecule has 0 radical (unpaired) electrons. The summed E-state index contributed by atoms with van der Waals surface area (Å²) < 4.78 is 5.58. The second-order valence-corrected chi connectivity index (χ2v) is 6.47. The second-order valence-electron chi connectivity index (χ2n) is 6.47. The Kier molecular flexibility index (Phi) is 4.11. The second kappa shape index (κ2) is 5.25. The number of nitrogens with zero attached hydrogens (tertiary/aromatic N) is 1. The average Bonchev–Trinajstić information content (AvgIpc) is 2.33. The first kappa shape index (κ1) is 13.3. The molecule has 1 heterocycles. The predicted octanol–water partition coefficient (Wildman–Crippen LogP) is 2.04. The van der Waals surface area contributed by atoms with Crippen LogP contribution in [0, 0.1) is 5.41 Å². The van der Waals surface area contributed by atoms with Crippen molar-refractivity contribution in [2.45, 2.75) is 64.1 Å². The molecule has 0 aromatic rings. The molecule has 2 fully saturated rings. The van der Waals surface area contributed by atoms with E-state index in [1.54, 1.807) is 0 Å². The largest absolute Gasteiger partial charge is 0.393 e. The Labute approximate surface area is 105 Å². The molecule has 1 aliphatic carbocycles. The predicted molar refractivity (Wildman–Crippen MR) is 69.0 cm³/mol. The minimum absolute atomic E-state index is 0.111. The Morgan fingerprint density at radius 3 is 2.71 bits per heavy atom. The Morgan fingerprint density at radius 1 is 1.29 bits per heavy atom. The summed E-state index contributed by atoms with van der Waals surface area (Å²) in [6.07, 6.45) is 5.29. The van der Waals surface area contributed by atoms with Crippen LogP contribution in [0.2, 0.25) is 0 Å². The molecule has 2 aliphatic rings. The number of likely N-dealkylation sites (N-methyl/N-ethyl adjacent to an activating group) is 1. The molecule has 1 aliphatic heterocycles. The van der Waals surface area contributed by atoms with E-state index >= 15 is 0 Å². The van der Waals surface area contributed by atoms with Crippen LogP contribution in [0.25, 0.3) is 0 Å². The Morgan fingerprint density at radius 2 is 2.06 bits per heavy atom. The van der Waals surface area contributed by atoms with Crippen LogP contribution >= 0.6 is 0 Å². The lowest BCUT2D eigenvalue weighted by atomic mass is 9.71. The Balaban J connectivity index is 2.02. The molecule has 2 rings (SSSR count). The lowest BCUT2D eigenvalue weighted by Crippen LogP contribution is -2.53. The van der Waals surface area contributed by atoms with Crippen LogP contribution in [-0.4, -0.2) is 48.5 Å². The number of hydrogen-bond acceptors (Lipinski definition) is 3. The molecular weight excluding hydrogens is 214 g/mol. The zero-order chi connectivity index (χ0) is 12.5. The molecule has 0 bridgehead atoms. The van der Waals surface area contributed by atoms with Gasteiger partial charge in [-0.15, -0.1) is 0 Å². The molecule has 0 aromatic carbocycles. The van der Waals surface area contributed by atoms with Crippen molar-refractivity contribution in [2.75, 3.05) is 20.3 Å². The van der Waals surface area contributed by atoms with Gasteiger partial charge in [0, 0.05) is 18.7 Å². The summed E-state index contributed by atoms with van der Waals surface area (Å²) in [6, 6.07) is 1.02. The smallest absolute Gasteiger partial charge is 0.0621 e. The first-order chi connectivity index (χ1) is 8.00. The van der Waals surface area contributed by atoms with Gasteiger partial charge in [0.15, 0.2) is 0 Å². The maximum absolute atomic E-state index is 9.90. The number of aliphatic hydroxyl groups excluding tert-OH is 1. The highest BCUT2D eigenvalue weighted by Crippen LogP contribution is 2.39. The normalized spacial score (nSPS) is 38.3. The summed E-state index contributed by atoms with van der Waals surface area (Å²) in [4.78, 5) is 2.47. The van der Waals surface area contributed by atoms with Gasteiger partial charge in [-0.25, -0.2) is 0 Å². The van der Waals surface area contributed by atoms with Crippen molar-refractivity contribution in [3.63, 3.8) is 0 Å². The highest BCUT2D eigenvalue weighted by Gasteiger charge is 2.40. The third-order valence-electron chi connectivity index (χ3n) is 4.72. The summed E-state index contributed by atoms with van der Waals surface area (Å²) in [6.45, 7) is 6.45. The van der Waals surface area contributed by atoms with E-state index in [-0.39, 0.29) is 6.10 Å². The number of aliphatic hydroxyl groups is 1. The zero-order valence-corrected chi connectivity index (χ0v) is 11.5. The van der Waals surface area contributed by atoms with Crippen molar-refractivity contribution >= 4 is 0 Å². The van der Waals surface area contributed by atoms with Crippen LogP contribution in [0.1, 0.15) is 46.0 Å². The molecule has 0 aromatic heterocycles. The van der Waals surface area contributed by atoms with Gasteiger partial charge in [-0.05, 0) is 44.6 Å². The molecule has 100 valence electrons. The zero-order valence-electron chi connectivity index (χ0n) is 11.5. The SMILES string of the molecule is CN(C1CCCOC1)C1CC(O)CCC1(C)C. The maximum atomic E-state index is 9.90. The molecule has 3 heteroatoms. The summed E-state index contributed by atoms with van der Waals surface area (Å²) >= 11 is 0. The van der Waals surface area contributed by atoms with E-state index in [0.29, 0.717) is 17.5 Å². The number of hydrogen-bond donors (Lipinski definition) is 1. The van der Waals surface area contributed by atoms with Gasteiger partial charge in [-0.2, -0.15) is 0 Å². The van der Waals surface area contributed by atoms with Crippen molar-refractivity contribution in [1.29, 1.82) is 0 Å². The average molecular weight is 241 g/mol. The third-order valence-corrected chi connectivity index (χ3v) is 4.72. The van der Waals surface area contributed by atoms with Crippen molar-refractivity contribution in [1.82, 2.24) is 4.90 Å². The van der Waals surface area contributed by atoms with E-state index in [4.69, 9.17) is 4.74 Å². The van der Waals surface area contributed by atoms with E-state index in [9.17, 15) is 5.11 Å². The van der Waals surface area contributed by atoms with Gasteiger partial charge in [-0.3, -0.25) is 4.90 Å². The molecule has 1 saturated carbocycles. The summed E-state index contributed by atoms with van der Waals surface area (Å²) in [5, 5.41) is 9.90. The monoisotopic (exact) mass is 241 g/mol. The van der Waals surface area contributed by atoms with Gasteiger partial charge in [0.05, 0.1) is 12.7 Å². The molecule has 3 unspecified atom stereocenters. The fourth-order valence-corrected chi connectivity index (χ4v) is 3.42. The van der Waals surface area contributed by atoms with E-state index < -0.39 is 0 Å². The topological polar surface area (TPSA) is 32.7 Å².